The van der Waals surface area contributed by atoms with Crippen LogP contribution in [0.4, 0.5) is 11.4 Å². The second kappa shape index (κ2) is 12.8. The molecular weight excluding hydrogens is 518 g/mol. The molecule has 2 N–H and O–H groups in total. The van der Waals surface area contributed by atoms with Gasteiger partial charge in [0.15, 0.2) is 0 Å². The number of aromatic amines is 1. The number of H-pyrrole nitrogens is 1. The van der Waals surface area contributed by atoms with Gasteiger partial charge in [-0.15, -0.1) is 0 Å². The van der Waals surface area contributed by atoms with E-state index in [2.05, 4.69) is 29.0 Å². The Kier molecular flexibility index (Phi) is 9.05. The molecule has 0 fully saturated rings. The highest BCUT2D eigenvalue weighted by molar-refractivity contribution is 6.04. The van der Waals surface area contributed by atoms with E-state index in [0.717, 1.165) is 0 Å². The van der Waals surface area contributed by atoms with E-state index >= 15 is 0 Å². The predicted octanol–water partition coefficient (Wildman–Crippen LogP) is 6.19. The van der Waals surface area contributed by atoms with Gasteiger partial charge < -0.3 is 24.8 Å². The number of likely N-dealkylation sites (N-methyl/N-ethyl adjacent to an activating group) is 1. The first-order chi connectivity index (χ1) is 19.7. The summed E-state index contributed by atoms with van der Waals surface area (Å²) in [6.45, 7) is 13.3. The zero-order valence-corrected chi connectivity index (χ0v) is 23.6. The number of carbonyl (C=O) groups is 3. The molecule has 9 heteroatoms. The average Bonchev–Trinajstić information content (AvgIpc) is 3.42. The number of benzene rings is 3. The Morgan fingerprint density at radius 3 is 2.24 bits per heavy atom. The first kappa shape index (κ1) is 28.9. The van der Waals surface area contributed by atoms with Gasteiger partial charge in [-0.3, -0.25) is 14.4 Å². The minimum absolute atomic E-state index is 0.193. The van der Waals surface area contributed by atoms with Gasteiger partial charge in [0.05, 0.1) is 12.1 Å². The molecule has 4 rings (SSSR count). The molecule has 0 spiro atoms. The zero-order valence-electron chi connectivity index (χ0n) is 23.6. The molecule has 0 unspecified atom stereocenters. The first-order valence-corrected chi connectivity index (χ1v) is 13.4. The summed E-state index contributed by atoms with van der Waals surface area (Å²) >= 11 is 0. The number of ether oxygens (including phenoxy) is 1. The molecule has 210 valence electrons. The Hall–Kier alpha value is -5.10. The molecule has 3 aromatic carbocycles. The number of anilines is 1. The summed E-state index contributed by atoms with van der Waals surface area (Å²) in [6.07, 6.45) is 0. The highest BCUT2D eigenvalue weighted by Gasteiger charge is 2.24. The fraction of sp³-hybridized carbons (Fsp3) is 0.250. The van der Waals surface area contributed by atoms with Crippen LogP contribution in [0.15, 0.2) is 72.8 Å². The van der Waals surface area contributed by atoms with E-state index in [0.29, 0.717) is 46.2 Å². The molecule has 0 bridgehead atoms. The van der Waals surface area contributed by atoms with Crippen molar-refractivity contribution in [2.24, 2.45) is 0 Å². The number of nitrogens with zero attached hydrogens (tertiary/aromatic N) is 3. The minimum atomic E-state index is -0.516. The van der Waals surface area contributed by atoms with Crippen LogP contribution in [0.5, 0.6) is 11.5 Å². The van der Waals surface area contributed by atoms with E-state index in [9.17, 15) is 14.4 Å². The van der Waals surface area contributed by atoms with Crippen LogP contribution in [0.1, 0.15) is 42.7 Å². The van der Waals surface area contributed by atoms with Crippen LogP contribution in [0.3, 0.4) is 0 Å². The van der Waals surface area contributed by atoms with Crippen molar-refractivity contribution in [1.82, 2.24) is 14.8 Å². The third-order valence-corrected chi connectivity index (χ3v) is 6.75. The summed E-state index contributed by atoms with van der Waals surface area (Å²) in [5, 5.41) is 3.48. The lowest BCUT2D eigenvalue weighted by Gasteiger charge is -2.24. The van der Waals surface area contributed by atoms with Crippen LogP contribution >= 0.6 is 0 Å². The Labute approximate surface area is 239 Å². The molecule has 0 atom stereocenters. The number of aromatic nitrogens is 1. The molecule has 41 heavy (non-hydrogen) atoms. The van der Waals surface area contributed by atoms with Crippen LogP contribution in [0.25, 0.3) is 15.7 Å². The Morgan fingerprint density at radius 2 is 1.63 bits per heavy atom. The molecule has 3 amide bonds. The summed E-state index contributed by atoms with van der Waals surface area (Å²) in [5.41, 5.74) is 2.86. The second-order valence-electron chi connectivity index (χ2n) is 10.0. The molecule has 0 saturated heterocycles. The molecule has 0 radical (unpaired) electrons. The monoisotopic (exact) mass is 551 g/mol. The molecule has 0 aliphatic carbocycles. The number of hydrogen-bond acceptors (Lipinski definition) is 4. The maximum atomic E-state index is 13.5. The third-order valence-electron chi connectivity index (χ3n) is 6.75. The van der Waals surface area contributed by atoms with Gasteiger partial charge in [0, 0.05) is 19.3 Å². The fourth-order valence-electron chi connectivity index (χ4n) is 4.22. The van der Waals surface area contributed by atoms with Gasteiger partial charge in [0.1, 0.15) is 30.3 Å². The van der Waals surface area contributed by atoms with E-state index < -0.39 is 11.8 Å². The number of nitrogens with one attached hydrogen (secondary N) is 2. The summed E-state index contributed by atoms with van der Waals surface area (Å²) in [7, 11) is 1.64. The van der Waals surface area contributed by atoms with Crippen molar-refractivity contribution >= 4 is 40.0 Å². The Morgan fingerprint density at radius 1 is 0.976 bits per heavy atom. The lowest BCUT2D eigenvalue weighted by Crippen LogP contribution is -2.45. The molecule has 0 aliphatic heterocycles. The number of rotatable bonds is 10. The highest BCUT2D eigenvalue weighted by Crippen LogP contribution is 2.27. The lowest BCUT2D eigenvalue weighted by atomic mass is 10.0. The zero-order chi connectivity index (χ0) is 29.5. The quantitative estimate of drug-likeness (QED) is 0.230. The van der Waals surface area contributed by atoms with Crippen molar-refractivity contribution in [3.63, 3.8) is 0 Å². The number of fused-ring (bicyclic) bond motifs is 1. The second-order valence-corrected chi connectivity index (χ2v) is 10.0. The summed E-state index contributed by atoms with van der Waals surface area (Å²) in [4.78, 5) is 48.4. The Bertz CT molecular complexity index is 1580. The lowest BCUT2D eigenvalue weighted by molar-refractivity contribution is -0.130. The van der Waals surface area contributed by atoms with Gasteiger partial charge in [-0.1, -0.05) is 44.2 Å². The topological polar surface area (TPSA) is 99.1 Å². The predicted molar refractivity (Wildman–Crippen MR) is 159 cm³/mol. The first-order valence-electron chi connectivity index (χ1n) is 13.4. The van der Waals surface area contributed by atoms with Crippen LogP contribution in [-0.2, 0) is 9.59 Å². The molecular formula is C32H33N5O4. The van der Waals surface area contributed by atoms with Gasteiger partial charge in [0.25, 0.3) is 5.91 Å². The Balaban J connectivity index is 1.46. The van der Waals surface area contributed by atoms with Gasteiger partial charge in [-0.05, 0) is 66.3 Å². The van der Waals surface area contributed by atoms with Crippen molar-refractivity contribution < 1.29 is 19.1 Å². The highest BCUT2D eigenvalue weighted by atomic mass is 16.5. The van der Waals surface area contributed by atoms with E-state index in [1.165, 1.54) is 15.4 Å². The maximum absolute atomic E-state index is 13.5. The van der Waals surface area contributed by atoms with Gasteiger partial charge >= 0.3 is 0 Å². The van der Waals surface area contributed by atoms with Crippen molar-refractivity contribution in [3.8, 4) is 11.5 Å². The summed E-state index contributed by atoms with van der Waals surface area (Å²) in [5.74, 6) is 0.488. The molecule has 1 aromatic heterocycles. The fourth-order valence-corrected chi connectivity index (χ4v) is 4.22. The summed E-state index contributed by atoms with van der Waals surface area (Å²) in [6, 6.07) is 21.6. The SMILES string of the molecule is [C-]#[N+]c1cccc2cc(C(=O)N(CC(=O)Nc3ccc(Oc4ccc(C(C)C)cc4)cc3)CC(=O)N(C)CC)[nH]c12. The summed E-state index contributed by atoms with van der Waals surface area (Å²) < 4.78 is 5.91. The van der Waals surface area contributed by atoms with Gasteiger partial charge in [-0.2, -0.15) is 0 Å². The third kappa shape index (κ3) is 7.11. The van der Waals surface area contributed by atoms with Crippen LogP contribution in [0, 0.1) is 6.57 Å². The van der Waals surface area contributed by atoms with Gasteiger partial charge in [-0.25, -0.2) is 4.85 Å². The maximum Gasteiger partial charge on any atom is 0.271 e. The smallest absolute Gasteiger partial charge is 0.271 e. The van der Waals surface area contributed by atoms with Crippen LogP contribution in [-0.4, -0.2) is 59.2 Å². The largest absolute Gasteiger partial charge is 0.457 e. The van der Waals surface area contributed by atoms with Crippen molar-refractivity contribution in [3.05, 3.63) is 95.5 Å². The number of carbonyl (C=O) groups excluding carboxylic acids is 3. The number of para-hydroxylation sites is 1. The number of hydrogen-bond donors (Lipinski definition) is 2. The van der Waals surface area contributed by atoms with Crippen LogP contribution in [0.2, 0.25) is 0 Å². The van der Waals surface area contributed by atoms with E-state index in [4.69, 9.17) is 11.3 Å². The van der Waals surface area contributed by atoms with E-state index in [1.807, 2.05) is 31.2 Å². The van der Waals surface area contributed by atoms with E-state index in [1.54, 1.807) is 55.6 Å². The van der Waals surface area contributed by atoms with Crippen molar-refractivity contribution in [1.29, 1.82) is 0 Å². The molecule has 9 nitrogen and oxygen atoms in total. The van der Waals surface area contributed by atoms with Crippen molar-refractivity contribution in [2.75, 3.05) is 32.0 Å². The molecule has 0 aliphatic rings. The standard InChI is InChI=1S/C32H33N5O4/c1-6-36(5)30(39)20-37(32(40)28-18-23-8-7-9-27(33-4)31(23)35-28)19-29(38)34-24-12-16-26(17-13-24)41-25-14-10-22(11-15-25)21(2)3/h7-18,21,35H,6,19-20H2,1-3,5H3,(H,34,38). The normalized spacial score (nSPS) is 10.7. The van der Waals surface area contributed by atoms with Crippen LogP contribution < -0.4 is 10.1 Å². The molecule has 4 aromatic rings. The minimum Gasteiger partial charge on any atom is -0.457 e. The van der Waals surface area contributed by atoms with Crippen molar-refractivity contribution in [2.45, 2.75) is 26.7 Å². The van der Waals surface area contributed by atoms with Gasteiger partial charge in [0.2, 0.25) is 17.5 Å². The average molecular weight is 552 g/mol. The van der Waals surface area contributed by atoms with E-state index in [-0.39, 0.29) is 24.7 Å². The molecule has 1 heterocycles. The number of amides is 3. The molecule has 0 saturated carbocycles.